The van der Waals surface area contributed by atoms with E-state index in [-0.39, 0.29) is 0 Å². The molecule has 1 heterocycles. The molecular weight excluding hydrogens is 232 g/mol. The molecule has 1 aromatic carbocycles. The first-order valence-corrected chi connectivity index (χ1v) is 7.62. The Hall–Kier alpha value is -1.02. The number of likely N-dealkylation sites (tertiary alicyclic amines) is 1. The topological polar surface area (TPSA) is 15.3 Å². The third-order valence-corrected chi connectivity index (χ3v) is 4.33. The van der Waals surface area contributed by atoms with Crippen LogP contribution in [-0.2, 0) is 0 Å². The van der Waals surface area contributed by atoms with Crippen LogP contribution < -0.4 is 5.32 Å². The molecule has 19 heavy (non-hydrogen) atoms. The van der Waals surface area contributed by atoms with Crippen LogP contribution in [0, 0.1) is 5.92 Å². The van der Waals surface area contributed by atoms with Crippen molar-refractivity contribution < 1.29 is 0 Å². The van der Waals surface area contributed by atoms with Gasteiger partial charge in [-0.15, -0.1) is 0 Å². The van der Waals surface area contributed by atoms with Crippen LogP contribution in [0.2, 0.25) is 0 Å². The first-order valence-electron chi connectivity index (χ1n) is 7.62. The molecule has 0 spiro atoms. The number of rotatable bonds is 4. The predicted molar refractivity (Wildman–Crippen MR) is 83.8 cm³/mol. The second-order valence-electron chi connectivity index (χ2n) is 6.34. The lowest BCUT2D eigenvalue weighted by molar-refractivity contribution is 0.197. The molecule has 1 N–H and O–H groups in total. The van der Waals surface area contributed by atoms with Crippen molar-refractivity contribution in [2.24, 2.45) is 5.92 Å². The van der Waals surface area contributed by atoms with Crippen molar-refractivity contribution in [1.82, 2.24) is 4.90 Å². The summed E-state index contributed by atoms with van der Waals surface area (Å²) in [4.78, 5) is 2.46. The summed E-state index contributed by atoms with van der Waals surface area (Å²) in [6, 6.07) is 9.28. The number of piperidine rings is 1. The fourth-order valence-corrected chi connectivity index (χ4v) is 3.11. The lowest BCUT2D eigenvalue weighted by atomic mass is 9.91. The van der Waals surface area contributed by atoms with Crippen molar-refractivity contribution >= 4 is 5.69 Å². The van der Waals surface area contributed by atoms with Crippen LogP contribution >= 0.6 is 0 Å². The maximum Gasteiger partial charge on any atom is 0.0377 e. The van der Waals surface area contributed by atoms with Gasteiger partial charge in [0.25, 0.3) is 0 Å². The zero-order valence-corrected chi connectivity index (χ0v) is 12.8. The average molecular weight is 260 g/mol. The minimum absolute atomic E-state index is 0.544. The predicted octanol–water partition coefficient (Wildman–Crippen LogP) is 3.95. The number of nitrogens with zero attached hydrogens (tertiary/aromatic N) is 1. The Morgan fingerprint density at radius 1 is 1.21 bits per heavy atom. The molecule has 2 unspecified atom stereocenters. The fraction of sp³-hybridized carbons (Fsp3) is 0.647. The fourth-order valence-electron chi connectivity index (χ4n) is 3.11. The molecule has 1 aliphatic rings. The lowest BCUT2D eigenvalue weighted by Gasteiger charge is -2.34. The first kappa shape index (κ1) is 14.4. The summed E-state index contributed by atoms with van der Waals surface area (Å²) in [5.74, 6) is 1.34. The average Bonchev–Trinajstić information content (AvgIpc) is 2.39. The number of hydrogen-bond acceptors (Lipinski definition) is 2. The van der Waals surface area contributed by atoms with Gasteiger partial charge < -0.3 is 10.2 Å². The monoisotopic (exact) mass is 260 g/mol. The quantitative estimate of drug-likeness (QED) is 0.881. The summed E-state index contributed by atoms with van der Waals surface area (Å²) < 4.78 is 0. The summed E-state index contributed by atoms with van der Waals surface area (Å²) in [6.45, 7) is 9.34. The maximum atomic E-state index is 3.76. The Bertz CT molecular complexity index is 400. The molecule has 0 aliphatic carbocycles. The van der Waals surface area contributed by atoms with Crippen LogP contribution in [0.3, 0.4) is 0 Å². The molecule has 2 atom stereocenters. The minimum atomic E-state index is 0.544. The number of nitrogens with one attached hydrogen (secondary N) is 1. The third-order valence-electron chi connectivity index (χ3n) is 4.33. The van der Waals surface area contributed by atoms with Gasteiger partial charge in [-0.3, -0.25) is 0 Å². The van der Waals surface area contributed by atoms with Gasteiger partial charge in [-0.1, -0.05) is 32.0 Å². The summed E-state index contributed by atoms with van der Waals surface area (Å²) in [6.07, 6.45) is 2.68. The van der Waals surface area contributed by atoms with E-state index in [0.29, 0.717) is 12.0 Å². The van der Waals surface area contributed by atoms with E-state index in [0.717, 1.165) is 5.92 Å². The van der Waals surface area contributed by atoms with E-state index >= 15 is 0 Å². The highest BCUT2D eigenvalue weighted by molar-refractivity contribution is 5.53. The Morgan fingerprint density at radius 3 is 2.63 bits per heavy atom. The van der Waals surface area contributed by atoms with Gasteiger partial charge in [-0.2, -0.15) is 0 Å². The Labute approximate surface area is 118 Å². The molecule has 2 rings (SSSR count). The second kappa shape index (κ2) is 6.42. The van der Waals surface area contributed by atoms with Gasteiger partial charge in [-0.05, 0) is 56.8 Å². The van der Waals surface area contributed by atoms with E-state index in [1.54, 1.807) is 0 Å². The molecule has 1 aliphatic heterocycles. The Kier molecular flexibility index (Phi) is 4.87. The van der Waals surface area contributed by atoms with Crippen molar-refractivity contribution in [2.45, 2.75) is 45.6 Å². The second-order valence-corrected chi connectivity index (χ2v) is 6.34. The third kappa shape index (κ3) is 3.73. The largest absolute Gasteiger partial charge is 0.382 e. The smallest absolute Gasteiger partial charge is 0.0377 e. The SMILES string of the molecule is CC(C)c1ccccc1NC(C)C1CCCN(C)C1. The van der Waals surface area contributed by atoms with Gasteiger partial charge in [0.05, 0.1) is 0 Å². The highest BCUT2D eigenvalue weighted by atomic mass is 15.1. The Balaban J connectivity index is 2.04. The van der Waals surface area contributed by atoms with Gasteiger partial charge in [0, 0.05) is 18.3 Å². The summed E-state index contributed by atoms with van der Waals surface area (Å²) in [5, 5.41) is 3.76. The van der Waals surface area contributed by atoms with Crippen LogP contribution in [0.15, 0.2) is 24.3 Å². The van der Waals surface area contributed by atoms with E-state index in [4.69, 9.17) is 0 Å². The molecule has 0 radical (unpaired) electrons. The van der Waals surface area contributed by atoms with Crippen LogP contribution in [0.25, 0.3) is 0 Å². The lowest BCUT2D eigenvalue weighted by Crippen LogP contribution is -2.40. The van der Waals surface area contributed by atoms with Crippen LogP contribution in [-0.4, -0.2) is 31.1 Å². The van der Waals surface area contributed by atoms with Crippen molar-refractivity contribution in [2.75, 3.05) is 25.5 Å². The van der Waals surface area contributed by atoms with E-state index in [1.165, 1.54) is 37.2 Å². The van der Waals surface area contributed by atoms with Crippen LogP contribution in [0.5, 0.6) is 0 Å². The van der Waals surface area contributed by atoms with Crippen molar-refractivity contribution in [1.29, 1.82) is 0 Å². The molecular formula is C17H28N2. The molecule has 1 saturated heterocycles. The normalized spacial score (nSPS) is 22.5. The number of hydrogen-bond donors (Lipinski definition) is 1. The highest BCUT2D eigenvalue weighted by Crippen LogP contribution is 2.27. The molecule has 0 saturated carbocycles. The van der Waals surface area contributed by atoms with Crippen LogP contribution in [0.4, 0.5) is 5.69 Å². The highest BCUT2D eigenvalue weighted by Gasteiger charge is 2.23. The summed E-state index contributed by atoms with van der Waals surface area (Å²) >= 11 is 0. The van der Waals surface area contributed by atoms with Crippen LogP contribution in [0.1, 0.15) is 45.1 Å². The zero-order valence-electron chi connectivity index (χ0n) is 12.8. The van der Waals surface area contributed by atoms with Gasteiger partial charge in [-0.25, -0.2) is 0 Å². The van der Waals surface area contributed by atoms with Crippen molar-refractivity contribution in [3.8, 4) is 0 Å². The number of para-hydroxylation sites is 1. The molecule has 0 aromatic heterocycles. The summed E-state index contributed by atoms with van der Waals surface area (Å²) in [5.41, 5.74) is 2.75. The minimum Gasteiger partial charge on any atom is -0.382 e. The van der Waals surface area contributed by atoms with E-state index in [2.05, 4.69) is 62.3 Å². The molecule has 1 fully saturated rings. The number of benzene rings is 1. The zero-order chi connectivity index (χ0) is 13.8. The summed E-state index contributed by atoms with van der Waals surface area (Å²) in [7, 11) is 2.24. The van der Waals surface area contributed by atoms with Crippen molar-refractivity contribution in [3.63, 3.8) is 0 Å². The number of anilines is 1. The molecule has 2 nitrogen and oxygen atoms in total. The molecule has 1 aromatic rings. The molecule has 0 amide bonds. The first-order chi connectivity index (χ1) is 9.08. The standard InChI is InChI=1S/C17H28N2/c1-13(2)16-9-5-6-10-17(16)18-14(3)15-8-7-11-19(4)12-15/h5-6,9-10,13-15,18H,7-8,11-12H2,1-4H3. The van der Waals surface area contributed by atoms with Gasteiger partial charge >= 0.3 is 0 Å². The van der Waals surface area contributed by atoms with E-state index < -0.39 is 0 Å². The van der Waals surface area contributed by atoms with Gasteiger partial charge in [0.1, 0.15) is 0 Å². The van der Waals surface area contributed by atoms with E-state index in [9.17, 15) is 0 Å². The molecule has 106 valence electrons. The van der Waals surface area contributed by atoms with Gasteiger partial charge in [0.15, 0.2) is 0 Å². The van der Waals surface area contributed by atoms with Crippen molar-refractivity contribution in [3.05, 3.63) is 29.8 Å². The maximum absolute atomic E-state index is 3.76. The molecule has 0 bridgehead atoms. The Morgan fingerprint density at radius 2 is 1.95 bits per heavy atom. The molecule has 2 heteroatoms. The van der Waals surface area contributed by atoms with E-state index in [1.807, 2.05) is 0 Å². The van der Waals surface area contributed by atoms with Gasteiger partial charge in [0.2, 0.25) is 0 Å².